The highest BCUT2D eigenvalue weighted by Gasteiger charge is 2.48. The molecule has 0 aromatic heterocycles. The maximum absolute atomic E-state index is 6.08. The van der Waals surface area contributed by atoms with Gasteiger partial charge < -0.3 is 18.3 Å². The maximum Gasteiger partial charge on any atom is 0.427 e. The molecule has 0 aliphatic carbocycles. The molecule has 124 valence electrons. The molecule has 0 spiro atoms. The molecular weight excluding hydrogens is 302 g/mol. The van der Waals surface area contributed by atoms with Crippen molar-refractivity contribution in [1.29, 1.82) is 0 Å². The maximum atomic E-state index is 6.08. The van der Waals surface area contributed by atoms with Crippen molar-refractivity contribution >= 4 is 18.2 Å². The molecule has 0 atom stereocenters. The van der Waals surface area contributed by atoms with Crippen LogP contribution in [0, 0.1) is 0 Å². The minimum atomic E-state index is -2.07. The second-order valence-electron chi connectivity index (χ2n) is 5.13. The zero-order valence-electron chi connectivity index (χ0n) is 14.0. The highest BCUT2D eigenvalue weighted by atomic mass is 28.4. The van der Waals surface area contributed by atoms with Crippen molar-refractivity contribution in [3.8, 4) is 0 Å². The third-order valence-electron chi connectivity index (χ3n) is 3.76. The van der Waals surface area contributed by atoms with Gasteiger partial charge in [0.1, 0.15) is 0 Å². The van der Waals surface area contributed by atoms with Crippen LogP contribution < -0.4 is 0 Å². The molecule has 0 bridgehead atoms. The molecule has 1 rings (SSSR count). The molecule has 1 aliphatic heterocycles. The summed E-state index contributed by atoms with van der Waals surface area (Å²) >= 11 is 0. The average molecular weight is 334 g/mol. The van der Waals surface area contributed by atoms with E-state index in [-0.39, 0.29) is 6.29 Å². The van der Waals surface area contributed by atoms with Crippen LogP contribution in [0.25, 0.3) is 0 Å². The molecule has 2 radical (unpaired) electrons. The van der Waals surface area contributed by atoms with Crippen molar-refractivity contribution in [3.63, 3.8) is 0 Å². The van der Waals surface area contributed by atoms with Gasteiger partial charge in [0, 0.05) is 43.0 Å². The van der Waals surface area contributed by atoms with E-state index in [4.69, 9.17) is 18.3 Å². The van der Waals surface area contributed by atoms with E-state index < -0.39 is 8.72 Å². The van der Waals surface area contributed by atoms with Gasteiger partial charge in [-0.15, -0.1) is 0 Å². The van der Waals surface area contributed by atoms with E-state index in [2.05, 4.69) is 18.4 Å². The SMILES string of the molecule is CCO[Si]1(OCC)CCCN1CCC[Si]CC(OC)OC. The van der Waals surface area contributed by atoms with Crippen LogP contribution >= 0.6 is 0 Å². The van der Waals surface area contributed by atoms with Gasteiger partial charge in [0.15, 0.2) is 6.29 Å². The molecular formula is C14H31NO4Si2. The normalized spacial score (nSPS) is 18.7. The molecule has 0 aromatic rings. The van der Waals surface area contributed by atoms with E-state index in [0.29, 0.717) is 0 Å². The number of nitrogens with zero attached hydrogens (tertiary/aromatic N) is 1. The summed E-state index contributed by atoms with van der Waals surface area (Å²) in [6.07, 6.45) is 2.37. The lowest BCUT2D eigenvalue weighted by molar-refractivity contribution is -0.0876. The Labute approximate surface area is 133 Å². The van der Waals surface area contributed by atoms with Crippen molar-refractivity contribution < 1.29 is 18.3 Å². The fourth-order valence-electron chi connectivity index (χ4n) is 2.80. The van der Waals surface area contributed by atoms with E-state index in [1.807, 2.05) is 0 Å². The Balaban J connectivity index is 2.29. The zero-order chi connectivity index (χ0) is 15.6. The van der Waals surface area contributed by atoms with Crippen molar-refractivity contribution in [3.05, 3.63) is 0 Å². The molecule has 1 aliphatic rings. The summed E-state index contributed by atoms with van der Waals surface area (Å²) in [5.41, 5.74) is 0. The molecule has 0 unspecified atom stereocenters. The molecule has 0 N–H and O–H groups in total. The Hall–Kier alpha value is 0.234. The molecule has 0 amide bonds. The predicted molar refractivity (Wildman–Crippen MR) is 87.8 cm³/mol. The fourth-order valence-corrected chi connectivity index (χ4v) is 7.54. The second-order valence-corrected chi connectivity index (χ2v) is 9.67. The number of hydrogen-bond donors (Lipinski definition) is 0. The van der Waals surface area contributed by atoms with Gasteiger partial charge in [0.2, 0.25) is 0 Å². The lowest BCUT2D eigenvalue weighted by Crippen LogP contribution is -2.54. The quantitative estimate of drug-likeness (QED) is 0.311. The van der Waals surface area contributed by atoms with E-state index in [0.717, 1.165) is 47.9 Å². The van der Waals surface area contributed by atoms with E-state index in [1.165, 1.54) is 18.9 Å². The molecule has 1 saturated heterocycles. The van der Waals surface area contributed by atoms with Crippen LogP contribution in [0.1, 0.15) is 26.7 Å². The largest absolute Gasteiger partial charge is 0.427 e. The lowest BCUT2D eigenvalue weighted by Gasteiger charge is -2.34. The Morgan fingerprint density at radius 1 is 1.14 bits per heavy atom. The summed E-state index contributed by atoms with van der Waals surface area (Å²) in [4.78, 5) is 0. The van der Waals surface area contributed by atoms with Crippen molar-refractivity contribution in [2.45, 2.75) is 51.1 Å². The smallest absolute Gasteiger partial charge is 0.383 e. The second kappa shape index (κ2) is 10.9. The third-order valence-corrected chi connectivity index (χ3v) is 8.97. The first-order chi connectivity index (χ1) is 10.2. The van der Waals surface area contributed by atoms with E-state index in [9.17, 15) is 0 Å². The van der Waals surface area contributed by atoms with Gasteiger partial charge in [-0.25, -0.2) is 0 Å². The summed E-state index contributed by atoms with van der Waals surface area (Å²) < 4.78 is 25.1. The van der Waals surface area contributed by atoms with Gasteiger partial charge in [-0.3, -0.25) is 4.57 Å². The minimum absolute atomic E-state index is 0.0459. The lowest BCUT2D eigenvalue weighted by atomic mass is 10.4. The first kappa shape index (κ1) is 19.3. The Kier molecular flexibility index (Phi) is 9.99. The summed E-state index contributed by atoms with van der Waals surface area (Å²) in [5.74, 6) is 0. The van der Waals surface area contributed by atoms with Gasteiger partial charge in [-0.05, 0) is 45.8 Å². The van der Waals surface area contributed by atoms with Crippen molar-refractivity contribution in [1.82, 2.24) is 4.57 Å². The van der Waals surface area contributed by atoms with Crippen LogP contribution in [-0.4, -0.2) is 69.6 Å². The van der Waals surface area contributed by atoms with E-state index in [1.54, 1.807) is 14.2 Å². The standard InChI is InChI=1S/C14H31NO4Si2/c1-5-18-21(19-6-2)12-8-10-15(21)9-7-11-20-13-14(16-3)17-4/h14H,5-13H2,1-4H3. The molecule has 0 saturated carbocycles. The van der Waals surface area contributed by atoms with Crippen molar-refractivity contribution in [2.24, 2.45) is 0 Å². The van der Waals surface area contributed by atoms with Crippen LogP contribution in [0.5, 0.6) is 0 Å². The highest BCUT2D eigenvalue weighted by molar-refractivity contribution is 6.65. The van der Waals surface area contributed by atoms with E-state index >= 15 is 0 Å². The number of hydrogen-bond acceptors (Lipinski definition) is 5. The topological polar surface area (TPSA) is 40.2 Å². The van der Waals surface area contributed by atoms with Gasteiger partial charge in [0.25, 0.3) is 0 Å². The van der Waals surface area contributed by atoms with Crippen LogP contribution in [0.4, 0.5) is 0 Å². The average Bonchev–Trinajstić information content (AvgIpc) is 2.86. The van der Waals surface area contributed by atoms with Gasteiger partial charge in [-0.2, -0.15) is 0 Å². The monoisotopic (exact) mass is 333 g/mol. The van der Waals surface area contributed by atoms with Crippen LogP contribution in [0.2, 0.25) is 18.1 Å². The van der Waals surface area contributed by atoms with Gasteiger partial charge in [-0.1, -0.05) is 6.04 Å². The molecule has 0 aromatic carbocycles. The molecule has 5 nitrogen and oxygen atoms in total. The summed E-state index contributed by atoms with van der Waals surface area (Å²) in [5, 5.41) is 0. The molecule has 21 heavy (non-hydrogen) atoms. The number of methoxy groups -OCH3 is 2. The number of ether oxygens (including phenoxy) is 2. The third kappa shape index (κ3) is 6.09. The zero-order valence-corrected chi connectivity index (χ0v) is 16.0. The van der Waals surface area contributed by atoms with Crippen LogP contribution in [0.15, 0.2) is 0 Å². The molecule has 1 heterocycles. The number of rotatable bonds is 12. The Morgan fingerprint density at radius 2 is 1.81 bits per heavy atom. The first-order valence-corrected chi connectivity index (χ1v) is 11.4. The van der Waals surface area contributed by atoms with Gasteiger partial charge >= 0.3 is 8.72 Å². The van der Waals surface area contributed by atoms with Crippen LogP contribution in [0.3, 0.4) is 0 Å². The van der Waals surface area contributed by atoms with Crippen LogP contribution in [-0.2, 0) is 18.3 Å². The minimum Gasteiger partial charge on any atom is -0.383 e. The highest BCUT2D eigenvalue weighted by Crippen LogP contribution is 2.28. The van der Waals surface area contributed by atoms with Gasteiger partial charge in [0.05, 0.1) is 0 Å². The summed E-state index contributed by atoms with van der Waals surface area (Å²) in [6.45, 7) is 7.89. The molecule has 7 heteroatoms. The Morgan fingerprint density at radius 3 is 2.38 bits per heavy atom. The first-order valence-electron chi connectivity index (χ1n) is 8.01. The Bertz CT molecular complexity index is 261. The summed E-state index contributed by atoms with van der Waals surface area (Å²) in [6, 6.07) is 3.33. The van der Waals surface area contributed by atoms with Crippen molar-refractivity contribution in [2.75, 3.05) is 40.5 Å². The summed E-state index contributed by atoms with van der Waals surface area (Å²) in [7, 11) is 2.22. The fraction of sp³-hybridized carbons (Fsp3) is 1.00. The molecule has 1 fully saturated rings. The predicted octanol–water partition coefficient (Wildman–Crippen LogP) is 2.25.